The van der Waals surface area contributed by atoms with E-state index in [1.54, 1.807) is 6.07 Å². The fourth-order valence-corrected chi connectivity index (χ4v) is 1.25. The van der Waals surface area contributed by atoms with Crippen molar-refractivity contribution in [2.24, 2.45) is 0 Å². The Balaban J connectivity index is 2.37. The van der Waals surface area contributed by atoms with Crippen LogP contribution in [0.1, 0.15) is 12.6 Å². The van der Waals surface area contributed by atoms with E-state index in [0.29, 0.717) is 25.0 Å². The molecule has 7 heteroatoms. The van der Waals surface area contributed by atoms with Gasteiger partial charge in [0.25, 0.3) is 6.43 Å². The van der Waals surface area contributed by atoms with E-state index in [1.807, 2.05) is 13.8 Å². The molecule has 1 heterocycles. The summed E-state index contributed by atoms with van der Waals surface area (Å²) in [4.78, 5) is 8.25. The molecule has 5 nitrogen and oxygen atoms in total. The largest absolute Gasteiger partial charge is 0.478 e. The lowest BCUT2D eigenvalue weighted by molar-refractivity contribution is 0.0214. The molecular weight excluding hydrogens is 244 g/mol. The van der Waals surface area contributed by atoms with Gasteiger partial charge in [-0.2, -0.15) is 4.98 Å². The molecule has 0 spiro atoms. The summed E-state index contributed by atoms with van der Waals surface area (Å²) >= 11 is 0. The number of nitrogens with one attached hydrogen (secondary N) is 1. The van der Waals surface area contributed by atoms with Crippen LogP contribution < -0.4 is 10.1 Å². The number of hydrogen-bond acceptors (Lipinski definition) is 5. The van der Waals surface area contributed by atoms with Crippen molar-refractivity contribution >= 4 is 5.95 Å². The van der Waals surface area contributed by atoms with Gasteiger partial charge in [-0.1, -0.05) is 0 Å². The third-order valence-corrected chi connectivity index (χ3v) is 1.90. The minimum Gasteiger partial charge on any atom is -0.478 e. The molecule has 0 unspecified atom stereocenters. The maximum absolute atomic E-state index is 11.8. The first kappa shape index (κ1) is 14.6. The molecule has 1 aromatic heterocycles. The van der Waals surface area contributed by atoms with Crippen LogP contribution in [0.2, 0.25) is 0 Å². The fourth-order valence-electron chi connectivity index (χ4n) is 1.25. The summed E-state index contributed by atoms with van der Waals surface area (Å²) in [6, 6.07) is 1.72. The van der Waals surface area contributed by atoms with E-state index in [4.69, 9.17) is 9.47 Å². The molecule has 0 atom stereocenters. The molecule has 0 amide bonds. The van der Waals surface area contributed by atoms with E-state index in [-0.39, 0.29) is 6.61 Å². The Morgan fingerprint density at radius 1 is 1.39 bits per heavy atom. The third-order valence-electron chi connectivity index (χ3n) is 1.90. The van der Waals surface area contributed by atoms with Gasteiger partial charge in [-0.3, -0.25) is 0 Å². The summed E-state index contributed by atoms with van der Waals surface area (Å²) in [5.41, 5.74) is 0.768. The van der Waals surface area contributed by atoms with Crippen molar-refractivity contribution in [2.45, 2.75) is 20.3 Å². The van der Waals surface area contributed by atoms with Crippen LogP contribution in [0.25, 0.3) is 0 Å². The Morgan fingerprint density at radius 3 is 2.83 bits per heavy atom. The predicted molar refractivity (Wildman–Crippen MR) is 63.3 cm³/mol. The molecule has 1 aromatic rings. The molecule has 0 aliphatic heterocycles. The van der Waals surface area contributed by atoms with Crippen molar-refractivity contribution in [3.63, 3.8) is 0 Å². The van der Waals surface area contributed by atoms with Crippen LogP contribution in [-0.4, -0.2) is 42.8 Å². The van der Waals surface area contributed by atoms with Crippen LogP contribution >= 0.6 is 0 Å². The van der Waals surface area contributed by atoms with Gasteiger partial charge in [0.05, 0.1) is 13.2 Å². The molecule has 1 N–H and O–H groups in total. The molecule has 0 radical (unpaired) electrons. The van der Waals surface area contributed by atoms with Crippen LogP contribution in [0.5, 0.6) is 5.88 Å². The highest BCUT2D eigenvalue weighted by molar-refractivity contribution is 5.30. The fraction of sp³-hybridized carbons (Fsp3) is 0.636. The van der Waals surface area contributed by atoms with Crippen LogP contribution in [0.15, 0.2) is 6.07 Å². The second-order valence-electron chi connectivity index (χ2n) is 3.50. The second-order valence-corrected chi connectivity index (χ2v) is 3.50. The number of alkyl halides is 2. The quantitative estimate of drug-likeness (QED) is 0.724. The van der Waals surface area contributed by atoms with E-state index >= 15 is 0 Å². The van der Waals surface area contributed by atoms with Crippen LogP contribution in [0, 0.1) is 6.92 Å². The van der Waals surface area contributed by atoms with Crippen molar-refractivity contribution in [3.8, 4) is 5.88 Å². The first-order valence-corrected chi connectivity index (χ1v) is 5.70. The summed E-state index contributed by atoms with van der Waals surface area (Å²) in [6.07, 6.45) is -2.44. The second kappa shape index (κ2) is 7.75. The van der Waals surface area contributed by atoms with Crippen molar-refractivity contribution < 1.29 is 18.3 Å². The summed E-state index contributed by atoms with van der Waals surface area (Å²) < 4.78 is 33.6. The van der Waals surface area contributed by atoms with Gasteiger partial charge >= 0.3 is 0 Å². The number of ether oxygens (including phenoxy) is 2. The van der Waals surface area contributed by atoms with E-state index in [2.05, 4.69) is 15.3 Å². The minimum atomic E-state index is -2.44. The van der Waals surface area contributed by atoms with E-state index < -0.39 is 13.0 Å². The van der Waals surface area contributed by atoms with Gasteiger partial charge in [0.1, 0.15) is 6.61 Å². The minimum absolute atomic E-state index is 0.172. The zero-order chi connectivity index (χ0) is 13.4. The highest BCUT2D eigenvalue weighted by atomic mass is 19.3. The van der Waals surface area contributed by atoms with Crippen LogP contribution in [0.3, 0.4) is 0 Å². The van der Waals surface area contributed by atoms with Gasteiger partial charge in [0.2, 0.25) is 11.8 Å². The molecule has 0 aromatic carbocycles. The molecule has 18 heavy (non-hydrogen) atoms. The average Bonchev–Trinajstić information content (AvgIpc) is 2.28. The van der Waals surface area contributed by atoms with E-state index in [1.165, 1.54) is 0 Å². The Morgan fingerprint density at radius 2 is 2.17 bits per heavy atom. The highest BCUT2D eigenvalue weighted by Crippen LogP contribution is 2.11. The zero-order valence-corrected chi connectivity index (χ0v) is 10.4. The summed E-state index contributed by atoms with van der Waals surface area (Å²) in [6.45, 7) is 4.19. The Kier molecular flexibility index (Phi) is 6.27. The van der Waals surface area contributed by atoms with Gasteiger partial charge in [-0.15, -0.1) is 0 Å². The molecule has 0 saturated heterocycles. The standard InChI is InChI=1S/C11H17F2N3O2/c1-3-18-10-6-8(2)15-11(16-10)14-4-5-17-7-9(12)13/h6,9H,3-5,7H2,1-2H3,(H,14,15,16). The maximum atomic E-state index is 11.8. The number of rotatable bonds is 8. The smallest absolute Gasteiger partial charge is 0.261 e. The SMILES string of the molecule is CCOc1cc(C)nc(NCCOCC(F)F)n1. The Labute approximate surface area is 105 Å². The average molecular weight is 261 g/mol. The number of halogens is 2. The highest BCUT2D eigenvalue weighted by Gasteiger charge is 2.03. The zero-order valence-electron chi connectivity index (χ0n) is 10.4. The van der Waals surface area contributed by atoms with E-state index in [0.717, 1.165) is 5.69 Å². The molecule has 0 fully saturated rings. The lowest BCUT2D eigenvalue weighted by atomic mass is 10.4. The predicted octanol–water partition coefficient (Wildman–Crippen LogP) is 1.88. The molecule has 1 rings (SSSR count). The van der Waals surface area contributed by atoms with Gasteiger partial charge in [-0.05, 0) is 13.8 Å². The van der Waals surface area contributed by atoms with Crippen LogP contribution in [-0.2, 0) is 4.74 Å². The lowest BCUT2D eigenvalue weighted by Crippen LogP contribution is -2.15. The first-order chi connectivity index (χ1) is 8.61. The molecule has 0 bridgehead atoms. The third kappa shape index (κ3) is 5.72. The Bertz CT molecular complexity index is 364. The van der Waals surface area contributed by atoms with Crippen molar-refractivity contribution in [1.82, 2.24) is 9.97 Å². The van der Waals surface area contributed by atoms with Crippen LogP contribution in [0.4, 0.5) is 14.7 Å². The van der Waals surface area contributed by atoms with Gasteiger partial charge < -0.3 is 14.8 Å². The monoisotopic (exact) mass is 261 g/mol. The maximum Gasteiger partial charge on any atom is 0.261 e. The van der Waals surface area contributed by atoms with Crippen molar-refractivity contribution in [2.75, 3.05) is 31.7 Å². The molecule has 102 valence electrons. The summed E-state index contributed by atoms with van der Waals surface area (Å²) in [7, 11) is 0. The number of hydrogen-bond donors (Lipinski definition) is 1. The number of aromatic nitrogens is 2. The Hall–Kier alpha value is -1.50. The van der Waals surface area contributed by atoms with Crippen molar-refractivity contribution in [3.05, 3.63) is 11.8 Å². The summed E-state index contributed by atoms with van der Waals surface area (Å²) in [5.74, 6) is 0.889. The van der Waals surface area contributed by atoms with Gasteiger partial charge in [0, 0.05) is 18.3 Å². The molecule has 0 aliphatic rings. The first-order valence-electron chi connectivity index (χ1n) is 5.70. The van der Waals surface area contributed by atoms with E-state index in [9.17, 15) is 8.78 Å². The van der Waals surface area contributed by atoms with Crippen molar-refractivity contribution in [1.29, 1.82) is 0 Å². The van der Waals surface area contributed by atoms with Gasteiger partial charge in [-0.25, -0.2) is 13.8 Å². The molecule has 0 aliphatic carbocycles. The lowest BCUT2D eigenvalue weighted by Gasteiger charge is -2.08. The normalized spacial score (nSPS) is 10.7. The molecule has 0 saturated carbocycles. The topological polar surface area (TPSA) is 56.3 Å². The number of nitrogens with zero attached hydrogens (tertiary/aromatic N) is 2. The van der Waals surface area contributed by atoms with Gasteiger partial charge in [0.15, 0.2) is 0 Å². The number of aryl methyl sites for hydroxylation is 1. The summed E-state index contributed by atoms with van der Waals surface area (Å²) in [5, 5.41) is 2.89. The molecular formula is C11H17F2N3O2. The number of anilines is 1.